The Morgan fingerprint density at radius 2 is 1.65 bits per heavy atom. The minimum absolute atomic E-state index is 0.276. The number of unbranched alkanes of at least 4 members (excludes halogenated alkanes) is 5. The SMILES string of the molecule is CCCCCCCCC(OCCOCCOC)C(=O)[O-]. The van der Waals surface area contributed by atoms with E-state index in [4.69, 9.17) is 14.2 Å². The average molecular weight is 289 g/mol. The molecule has 0 heterocycles. The molecule has 0 amide bonds. The van der Waals surface area contributed by atoms with Crippen molar-refractivity contribution in [3.63, 3.8) is 0 Å². The quantitative estimate of drug-likeness (QED) is 0.428. The summed E-state index contributed by atoms with van der Waals surface area (Å²) in [4.78, 5) is 10.9. The summed E-state index contributed by atoms with van der Waals surface area (Å²) < 4.78 is 15.3. The maximum Gasteiger partial charge on any atom is 0.0969 e. The molecule has 0 aliphatic rings. The highest BCUT2D eigenvalue weighted by Gasteiger charge is 2.09. The van der Waals surface area contributed by atoms with Gasteiger partial charge in [0.1, 0.15) is 0 Å². The standard InChI is InChI=1S/C15H30O5/c1-3-4-5-6-7-8-9-14(15(16)17)20-13-12-19-11-10-18-2/h14H,3-13H2,1-2H3,(H,16,17)/p-1. The van der Waals surface area contributed by atoms with Gasteiger partial charge in [-0.25, -0.2) is 0 Å². The predicted molar refractivity (Wildman–Crippen MR) is 75.4 cm³/mol. The van der Waals surface area contributed by atoms with E-state index in [0.717, 1.165) is 19.3 Å². The topological polar surface area (TPSA) is 67.8 Å². The van der Waals surface area contributed by atoms with Gasteiger partial charge in [-0.2, -0.15) is 0 Å². The number of rotatable bonds is 15. The zero-order valence-electron chi connectivity index (χ0n) is 12.9. The minimum Gasteiger partial charge on any atom is -0.547 e. The van der Waals surface area contributed by atoms with E-state index < -0.39 is 12.1 Å². The van der Waals surface area contributed by atoms with Crippen LogP contribution in [0.25, 0.3) is 0 Å². The Labute approximate surface area is 122 Å². The number of carbonyl (C=O) groups excluding carboxylic acids is 1. The largest absolute Gasteiger partial charge is 0.547 e. The van der Waals surface area contributed by atoms with Crippen LogP contribution in [0.4, 0.5) is 0 Å². The van der Waals surface area contributed by atoms with Gasteiger partial charge in [0.15, 0.2) is 0 Å². The Kier molecular flexibility index (Phi) is 14.3. The van der Waals surface area contributed by atoms with Crippen molar-refractivity contribution in [2.24, 2.45) is 0 Å². The second kappa shape index (κ2) is 14.8. The van der Waals surface area contributed by atoms with Crippen molar-refractivity contribution in [1.29, 1.82) is 0 Å². The monoisotopic (exact) mass is 289 g/mol. The molecule has 0 saturated carbocycles. The highest BCUT2D eigenvalue weighted by Crippen LogP contribution is 2.10. The van der Waals surface area contributed by atoms with Crippen LogP contribution in [0, 0.1) is 0 Å². The van der Waals surface area contributed by atoms with E-state index >= 15 is 0 Å². The molecule has 20 heavy (non-hydrogen) atoms. The summed E-state index contributed by atoms with van der Waals surface area (Å²) in [5.74, 6) is -1.13. The lowest BCUT2D eigenvalue weighted by Crippen LogP contribution is -2.38. The second-order valence-corrected chi connectivity index (χ2v) is 4.84. The lowest BCUT2D eigenvalue weighted by molar-refractivity contribution is -0.317. The zero-order valence-corrected chi connectivity index (χ0v) is 12.9. The van der Waals surface area contributed by atoms with Crippen LogP contribution < -0.4 is 5.11 Å². The molecule has 0 bridgehead atoms. The van der Waals surface area contributed by atoms with Crippen LogP contribution in [0.1, 0.15) is 51.9 Å². The molecular formula is C15H29O5-. The van der Waals surface area contributed by atoms with E-state index in [2.05, 4.69) is 6.92 Å². The molecule has 0 N–H and O–H groups in total. The van der Waals surface area contributed by atoms with Crippen molar-refractivity contribution < 1.29 is 24.1 Å². The molecule has 0 aromatic rings. The summed E-state index contributed by atoms with van der Waals surface area (Å²) in [6.45, 7) is 3.85. The molecule has 1 atom stereocenters. The van der Waals surface area contributed by atoms with Crippen LogP contribution in [0.5, 0.6) is 0 Å². The number of carboxylic acid groups (broad SMARTS) is 1. The number of carboxylic acids is 1. The Hall–Kier alpha value is -0.650. The van der Waals surface area contributed by atoms with Gasteiger partial charge in [-0.1, -0.05) is 45.4 Å². The number of carbonyl (C=O) groups is 1. The fourth-order valence-electron chi connectivity index (χ4n) is 1.87. The van der Waals surface area contributed by atoms with Gasteiger partial charge in [0.2, 0.25) is 0 Å². The van der Waals surface area contributed by atoms with Gasteiger partial charge < -0.3 is 24.1 Å². The number of hydrogen-bond acceptors (Lipinski definition) is 5. The third-order valence-corrected chi connectivity index (χ3v) is 3.06. The third kappa shape index (κ3) is 12.4. The van der Waals surface area contributed by atoms with Crippen LogP contribution in [0.3, 0.4) is 0 Å². The summed E-state index contributed by atoms with van der Waals surface area (Å²) in [6, 6.07) is 0. The summed E-state index contributed by atoms with van der Waals surface area (Å²) in [6.07, 6.45) is 6.48. The van der Waals surface area contributed by atoms with Crippen molar-refractivity contribution in [1.82, 2.24) is 0 Å². The van der Waals surface area contributed by atoms with Gasteiger partial charge in [-0.3, -0.25) is 0 Å². The first kappa shape index (κ1) is 19.4. The van der Waals surface area contributed by atoms with Crippen molar-refractivity contribution in [3.05, 3.63) is 0 Å². The Morgan fingerprint density at radius 3 is 2.30 bits per heavy atom. The number of ether oxygens (including phenoxy) is 3. The summed E-state index contributed by atoms with van der Waals surface area (Å²) in [5, 5.41) is 10.9. The Morgan fingerprint density at radius 1 is 1.00 bits per heavy atom. The van der Waals surface area contributed by atoms with Crippen molar-refractivity contribution in [2.75, 3.05) is 33.5 Å². The van der Waals surface area contributed by atoms with Crippen molar-refractivity contribution in [3.8, 4) is 0 Å². The van der Waals surface area contributed by atoms with E-state index in [1.807, 2.05) is 0 Å². The van der Waals surface area contributed by atoms with Gasteiger partial charge in [0.25, 0.3) is 0 Å². The first-order chi connectivity index (χ1) is 9.72. The molecule has 0 rings (SSSR count). The van der Waals surface area contributed by atoms with Crippen LogP contribution in [0.2, 0.25) is 0 Å². The molecule has 0 saturated heterocycles. The molecule has 0 aromatic carbocycles. The van der Waals surface area contributed by atoms with Crippen molar-refractivity contribution >= 4 is 5.97 Å². The normalized spacial score (nSPS) is 12.5. The van der Waals surface area contributed by atoms with Gasteiger partial charge in [0.05, 0.1) is 38.5 Å². The Bertz CT molecular complexity index is 204. The van der Waals surface area contributed by atoms with Gasteiger partial charge in [-0.05, 0) is 6.42 Å². The predicted octanol–water partition coefficient (Wildman–Crippen LogP) is 1.54. The maximum atomic E-state index is 10.9. The lowest BCUT2D eigenvalue weighted by Gasteiger charge is -2.18. The van der Waals surface area contributed by atoms with Gasteiger partial charge in [0, 0.05) is 7.11 Å². The van der Waals surface area contributed by atoms with E-state index in [1.165, 1.54) is 19.3 Å². The van der Waals surface area contributed by atoms with Crippen LogP contribution in [-0.2, 0) is 19.0 Å². The maximum absolute atomic E-state index is 10.9. The van der Waals surface area contributed by atoms with E-state index in [1.54, 1.807) is 7.11 Å². The summed E-state index contributed by atoms with van der Waals surface area (Å²) >= 11 is 0. The molecule has 1 unspecified atom stereocenters. The zero-order chi connectivity index (χ0) is 15.1. The molecular weight excluding hydrogens is 260 g/mol. The molecule has 0 radical (unpaired) electrons. The fourth-order valence-corrected chi connectivity index (χ4v) is 1.87. The molecule has 5 heteroatoms. The fraction of sp³-hybridized carbons (Fsp3) is 0.933. The van der Waals surface area contributed by atoms with Crippen LogP contribution in [0.15, 0.2) is 0 Å². The van der Waals surface area contributed by atoms with Gasteiger partial charge in [-0.15, -0.1) is 0 Å². The van der Waals surface area contributed by atoms with E-state index in [9.17, 15) is 9.90 Å². The highest BCUT2D eigenvalue weighted by molar-refractivity contribution is 5.69. The minimum atomic E-state index is -1.13. The summed E-state index contributed by atoms with van der Waals surface area (Å²) in [7, 11) is 1.60. The van der Waals surface area contributed by atoms with Crippen LogP contribution in [-0.4, -0.2) is 45.6 Å². The second-order valence-electron chi connectivity index (χ2n) is 4.84. The smallest absolute Gasteiger partial charge is 0.0969 e. The lowest BCUT2D eigenvalue weighted by atomic mass is 10.1. The number of methoxy groups -OCH3 is 1. The molecule has 0 aromatic heterocycles. The first-order valence-corrected chi connectivity index (χ1v) is 7.61. The van der Waals surface area contributed by atoms with Gasteiger partial charge >= 0.3 is 0 Å². The molecule has 0 spiro atoms. The van der Waals surface area contributed by atoms with E-state index in [0.29, 0.717) is 26.2 Å². The highest BCUT2D eigenvalue weighted by atomic mass is 16.6. The molecule has 0 fully saturated rings. The molecule has 0 aliphatic heterocycles. The summed E-state index contributed by atoms with van der Waals surface area (Å²) in [5.41, 5.74) is 0. The van der Waals surface area contributed by atoms with Crippen molar-refractivity contribution in [2.45, 2.75) is 58.0 Å². The molecule has 0 aliphatic carbocycles. The van der Waals surface area contributed by atoms with Crippen LogP contribution >= 0.6 is 0 Å². The number of aliphatic carboxylic acids is 1. The van der Waals surface area contributed by atoms with E-state index in [-0.39, 0.29) is 6.61 Å². The number of hydrogen-bond donors (Lipinski definition) is 0. The molecule has 120 valence electrons. The first-order valence-electron chi connectivity index (χ1n) is 7.61. The Balaban J connectivity index is 3.53. The molecule has 5 nitrogen and oxygen atoms in total. The average Bonchev–Trinajstić information content (AvgIpc) is 2.43. The third-order valence-electron chi connectivity index (χ3n) is 3.06.